The number of hydrazine groups is 2. The average Bonchev–Trinajstić information content (AvgIpc) is 2.86. The van der Waals surface area contributed by atoms with Crippen molar-refractivity contribution in [2.45, 2.75) is 6.92 Å². The van der Waals surface area contributed by atoms with E-state index in [1.54, 1.807) is 36.5 Å². The van der Waals surface area contributed by atoms with Crippen LogP contribution >= 0.6 is 0 Å². The Morgan fingerprint density at radius 1 is 1.22 bits per heavy atom. The van der Waals surface area contributed by atoms with Crippen molar-refractivity contribution in [3.63, 3.8) is 0 Å². The summed E-state index contributed by atoms with van der Waals surface area (Å²) in [6, 6.07) is 8.19. The lowest BCUT2D eigenvalue weighted by atomic mass is 10.0. The van der Waals surface area contributed by atoms with E-state index in [1.807, 2.05) is 6.92 Å². The van der Waals surface area contributed by atoms with Gasteiger partial charge in [-0.2, -0.15) is 0 Å². The molecule has 0 aliphatic carbocycles. The fraction of sp³-hybridized carbons (Fsp3) is 0.0625. The first kappa shape index (κ1) is 13.6. The number of rotatable bonds is 1. The van der Waals surface area contributed by atoms with Crippen LogP contribution in [0.1, 0.15) is 11.3 Å². The molecule has 6 nitrogen and oxygen atoms in total. The zero-order chi connectivity index (χ0) is 16.1. The van der Waals surface area contributed by atoms with Gasteiger partial charge in [-0.1, -0.05) is 12.1 Å². The molecule has 0 saturated carbocycles. The lowest BCUT2D eigenvalue weighted by Gasteiger charge is -2.29. The number of nitrogens with two attached hydrogens (primary N) is 1. The van der Waals surface area contributed by atoms with E-state index in [0.29, 0.717) is 16.9 Å². The Morgan fingerprint density at radius 3 is 2.78 bits per heavy atom. The van der Waals surface area contributed by atoms with E-state index in [2.05, 4.69) is 10.5 Å². The predicted octanol–water partition coefficient (Wildman–Crippen LogP) is 1.12. The van der Waals surface area contributed by atoms with Gasteiger partial charge in [0.15, 0.2) is 0 Å². The van der Waals surface area contributed by atoms with Crippen molar-refractivity contribution >= 4 is 17.1 Å². The van der Waals surface area contributed by atoms with Crippen LogP contribution in [0.15, 0.2) is 54.2 Å². The molecule has 2 aromatic rings. The first-order chi connectivity index (χ1) is 11.1. The molecule has 2 aliphatic heterocycles. The zero-order valence-electron chi connectivity index (χ0n) is 12.2. The van der Waals surface area contributed by atoms with Gasteiger partial charge >= 0.3 is 0 Å². The molecule has 0 radical (unpaired) electrons. The molecule has 2 aliphatic rings. The van der Waals surface area contributed by atoms with Crippen molar-refractivity contribution in [1.82, 2.24) is 10.5 Å². The van der Waals surface area contributed by atoms with Gasteiger partial charge in [-0.3, -0.25) is 15.0 Å². The molecule has 3 heterocycles. The molecule has 0 amide bonds. The highest BCUT2D eigenvalue weighted by atomic mass is 19.1. The second kappa shape index (κ2) is 4.72. The number of fused-ring (bicyclic) bond motifs is 3. The van der Waals surface area contributed by atoms with E-state index in [4.69, 9.17) is 5.73 Å². The van der Waals surface area contributed by atoms with Gasteiger partial charge in [0.1, 0.15) is 11.5 Å². The fourth-order valence-corrected chi connectivity index (χ4v) is 2.67. The largest absolute Gasteiger partial charge is 0.857 e. The molecule has 0 spiro atoms. The molecule has 1 aromatic carbocycles. The molecule has 7 heteroatoms. The van der Waals surface area contributed by atoms with E-state index in [0.717, 1.165) is 5.69 Å². The van der Waals surface area contributed by atoms with E-state index in [1.165, 1.54) is 16.1 Å². The quantitative estimate of drug-likeness (QED) is 0.821. The molecule has 0 atom stereocenters. The lowest BCUT2D eigenvalue weighted by molar-refractivity contribution is -0.305. The molecular formula is C16H13FN5O-. The van der Waals surface area contributed by atoms with Crippen LogP contribution in [0, 0.1) is 12.7 Å². The molecule has 116 valence electrons. The highest BCUT2D eigenvalue weighted by Crippen LogP contribution is 2.38. The number of pyridine rings is 1. The van der Waals surface area contributed by atoms with Gasteiger partial charge in [0.25, 0.3) is 0 Å². The number of para-hydroxylation sites is 1. The monoisotopic (exact) mass is 310 g/mol. The molecule has 0 fully saturated rings. The number of benzene rings is 1. The predicted molar refractivity (Wildman–Crippen MR) is 82.7 cm³/mol. The van der Waals surface area contributed by atoms with Crippen LogP contribution in [0.5, 0.6) is 0 Å². The maximum Gasteiger partial charge on any atom is 0.149 e. The number of allylic oxidation sites excluding steroid dienone is 1. The highest BCUT2D eigenvalue weighted by Gasteiger charge is 2.32. The minimum atomic E-state index is -0.458. The third-order valence-electron chi connectivity index (χ3n) is 3.83. The minimum absolute atomic E-state index is 0.235. The SMILES string of the molecule is Cc1ccc(N2NN3C(=C2[O-])C=C(N)c2cccc(F)c23)cn1. The number of nitrogens with one attached hydrogen (secondary N) is 1. The van der Waals surface area contributed by atoms with Crippen LogP contribution in [0.2, 0.25) is 0 Å². The summed E-state index contributed by atoms with van der Waals surface area (Å²) in [6.45, 7) is 1.86. The molecule has 1 aromatic heterocycles. The van der Waals surface area contributed by atoms with Crippen molar-refractivity contribution in [2.75, 3.05) is 10.0 Å². The maximum absolute atomic E-state index is 14.3. The second-order valence-corrected chi connectivity index (χ2v) is 5.35. The third kappa shape index (κ3) is 1.94. The number of hydrogen-bond acceptors (Lipinski definition) is 6. The van der Waals surface area contributed by atoms with Gasteiger partial charge in [0, 0.05) is 22.8 Å². The Labute approximate surface area is 131 Å². The van der Waals surface area contributed by atoms with Gasteiger partial charge in [-0.15, -0.1) is 5.53 Å². The van der Waals surface area contributed by atoms with Gasteiger partial charge in [-0.25, -0.2) is 4.39 Å². The smallest absolute Gasteiger partial charge is 0.149 e. The summed E-state index contributed by atoms with van der Waals surface area (Å²) in [5, 5.41) is 15.3. The molecule has 0 bridgehead atoms. The Kier molecular flexibility index (Phi) is 2.79. The highest BCUT2D eigenvalue weighted by molar-refractivity contribution is 5.84. The summed E-state index contributed by atoms with van der Waals surface area (Å²) >= 11 is 0. The molecule has 0 saturated heterocycles. The van der Waals surface area contributed by atoms with Gasteiger partial charge in [0.05, 0.1) is 17.6 Å². The van der Waals surface area contributed by atoms with Crippen molar-refractivity contribution in [3.8, 4) is 0 Å². The van der Waals surface area contributed by atoms with Gasteiger partial charge in [-0.05, 0) is 31.2 Å². The van der Waals surface area contributed by atoms with E-state index in [-0.39, 0.29) is 17.3 Å². The van der Waals surface area contributed by atoms with Gasteiger partial charge < -0.3 is 10.8 Å². The average molecular weight is 310 g/mol. The molecule has 23 heavy (non-hydrogen) atoms. The summed E-state index contributed by atoms with van der Waals surface area (Å²) in [7, 11) is 0. The number of anilines is 2. The Bertz CT molecular complexity index is 859. The Morgan fingerprint density at radius 2 is 2.04 bits per heavy atom. The Balaban J connectivity index is 1.83. The first-order valence-corrected chi connectivity index (χ1v) is 7.03. The van der Waals surface area contributed by atoms with Crippen molar-refractivity contribution < 1.29 is 9.50 Å². The molecule has 0 unspecified atom stereocenters. The molecule has 4 rings (SSSR count). The van der Waals surface area contributed by atoms with Crippen molar-refractivity contribution in [1.29, 1.82) is 0 Å². The Hall–Kier alpha value is -3.06. The number of nitrogens with zero attached hydrogens (tertiary/aromatic N) is 3. The summed E-state index contributed by atoms with van der Waals surface area (Å²) in [4.78, 5) is 4.18. The zero-order valence-corrected chi connectivity index (χ0v) is 12.2. The van der Waals surface area contributed by atoms with Gasteiger partial charge in [0.2, 0.25) is 0 Å². The second-order valence-electron chi connectivity index (χ2n) is 5.35. The van der Waals surface area contributed by atoms with Crippen LogP contribution in [0.25, 0.3) is 5.70 Å². The van der Waals surface area contributed by atoms with Crippen LogP contribution in [0.3, 0.4) is 0 Å². The number of aryl methyl sites for hydroxylation is 1. The summed E-state index contributed by atoms with van der Waals surface area (Å²) in [5.74, 6) is -0.785. The lowest BCUT2D eigenvalue weighted by Crippen LogP contribution is -2.44. The van der Waals surface area contributed by atoms with Crippen LogP contribution < -0.4 is 26.4 Å². The van der Waals surface area contributed by atoms with E-state index in [9.17, 15) is 9.50 Å². The van der Waals surface area contributed by atoms with Crippen LogP contribution in [-0.4, -0.2) is 4.98 Å². The maximum atomic E-state index is 14.3. The molecular weight excluding hydrogens is 297 g/mol. The van der Waals surface area contributed by atoms with Crippen LogP contribution in [0.4, 0.5) is 15.8 Å². The number of aromatic nitrogens is 1. The summed E-state index contributed by atoms with van der Waals surface area (Å²) < 4.78 is 14.3. The first-order valence-electron chi connectivity index (χ1n) is 7.03. The number of hydrogen-bond donors (Lipinski definition) is 2. The minimum Gasteiger partial charge on any atom is -0.857 e. The van der Waals surface area contributed by atoms with Crippen LogP contribution in [-0.2, 0) is 0 Å². The van der Waals surface area contributed by atoms with E-state index >= 15 is 0 Å². The standard InChI is InChI=1S/C16H14FN5O/c1-9-5-6-10(8-19-9)21-16(23)14-7-13(18)11-3-2-4-12(17)15(11)22(14)20-21/h2-8,20,23H,18H2,1H3/p-1. The van der Waals surface area contributed by atoms with E-state index < -0.39 is 5.82 Å². The normalized spacial score (nSPS) is 16.3. The van der Waals surface area contributed by atoms with Crippen molar-refractivity contribution in [3.05, 3.63) is 71.3 Å². The topological polar surface area (TPSA) is 80.5 Å². The summed E-state index contributed by atoms with van der Waals surface area (Å²) in [5.41, 5.74) is 11.7. The van der Waals surface area contributed by atoms with Crippen molar-refractivity contribution in [2.24, 2.45) is 5.73 Å². The fourth-order valence-electron chi connectivity index (χ4n) is 2.67. The summed E-state index contributed by atoms with van der Waals surface area (Å²) in [6.07, 6.45) is 3.12. The third-order valence-corrected chi connectivity index (χ3v) is 3.83. The molecule has 3 N–H and O–H groups in total. The number of halogens is 1.